The summed E-state index contributed by atoms with van der Waals surface area (Å²) in [6, 6.07) is 9.42. The van der Waals surface area contributed by atoms with Crippen LogP contribution in [0.1, 0.15) is 5.56 Å². The molecule has 0 saturated carbocycles. The fourth-order valence-corrected chi connectivity index (χ4v) is 2.11. The second-order valence-electron chi connectivity index (χ2n) is 3.69. The highest BCUT2D eigenvalue weighted by molar-refractivity contribution is 9.10. The monoisotopic (exact) mass is 352 g/mol. The Morgan fingerprint density at radius 3 is 2.75 bits per heavy atom. The van der Waals surface area contributed by atoms with E-state index >= 15 is 0 Å². The summed E-state index contributed by atoms with van der Waals surface area (Å²) in [6.45, 7) is 0. The molecule has 1 N–H and O–H groups in total. The van der Waals surface area contributed by atoms with Crippen molar-refractivity contribution in [3.63, 3.8) is 0 Å². The largest absolute Gasteiger partial charge is 0.333 e. The molecule has 0 bridgehead atoms. The van der Waals surface area contributed by atoms with E-state index in [1.807, 2.05) is 6.07 Å². The standard InChI is InChI=1S/C12H6BrClN4O2/c13-8-5-7(6-15)1-2-9(8)16-12-10(18(19)20)3-4-11(14)17-12/h1-5H,(H,16,17). The normalized spacial score (nSPS) is 9.85. The number of nitro groups is 1. The zero-order chi connectivity index (χ0) is 14.7. The van der Waals surface area contributed by atoms with Gasteiger partial charge in [0, 0.05) is 10.5 Å². The molecule has 0 unspecified atom stereocenters. The molecule has 0 atom stereocenters. The number of nitriles is 1. The minimum atomic E-state index is -0.552. The molecule has 0 aliphatic carbocycles. The highest BCUT2D eigenvalue weighted by Gasteiger charge is 2.16. The van der Waals surface area contributed by atoms with Crippen molar-refractivity contribution in [2.24, 2.45) is 0 Å². The molecular weight excluding hydrogens is 348 g/mol. The van der Waals surface area contributed by atoms with Gasteiger partial charge in [-0.3, -0.25) is 10.1 Å². The van der Waals surface area contributed by atoms with Crippen LogP contribution in [0.25, 0.3) is 0 Å². The summed E-state index contributed by atoms with van der Waals surface area (Å²) in [7, 11) is 0. The summed E-state index contributed by atoms with van der Waals surface area (Å²) in [5.74, 6) is 0.0351. The first-order valence-corrected chi connectivity index (χ1v) is 6.46. The lowest BCUT2D eigenvalue weighted by Crippen LogP contribution is -2.00. The van der Waals surface area contributed by atoms with Gasteiger partial charge in [0.15, 0.2) is 0 Å². The lowest BCUT2D eigenvalue weighted by Gasteiger charge is -2.08. The van der Waals surface area contributed by atoms with Gasteiger partial charge in [-0.15, -0.1) is 0 Å². The van der Waals surface area contributed by atoms with Gasteiger partial charge in [0.25, 0.3) is 0 Å². The van der Waals surface area contributed by atoms with Crippen molar-refractivity contribution < 1.29 is 4.92 Å². The van der Waals surface area contributed by atoms with Gasteiger partial charge in [0.05, 0.1) is 22.2 Å². The number of benzene rings is 1. The average molecular weight is 354 g/mol. The van der Waals surface area contributed by atoms with Gasteiger partial charge in [0.2, 0.25) is 5.82 Å². The Kier molecular flexibility index (Phi) is 4.17. The molecule has 100 valence electrons. The van der Waals surface area contributed by atoms with Crippen molar-refractivity contribution in [1.82, 2.24) is 4.98 Å². The van der Waals surface area contributed by atoms with Crippen LogP contribution >= 0.6 is 27.5 Å². The van der Waals surface area contributed by atoms with E-state index in [4.69, 9.17) is 16.9 Å². The second kappa shape index (κ2) is 5.86. The third kappa shape index (κ3) is 3.04. The van der Waals surface area contributed by atoms with Crippen molar-refractivity contribution >= 4 is 44.7 Å². The van der Waals surface area contributed by atoms with E-state index < -0.39 is 4.92 Å². The van der Waals surface area contributed by atoms with Crippen LogP contribution in [0.15, 0.2) is 34.8 Å². The highest BCUT2D eigenvalue weighted by Crippen LogP contribution is 2.31. The molecule has 0 aliphatic rings. The molecule has 0 spiro atoms. The van der Waals surface area contributed by atoms with Crippen molar-refractivity contribution in [1.29, 1.82) is 5.26 Å². The Morgan fingerprint density at radius 2 is 2.15 bits per heavy atom. The number of rotatable bonds is 3. The molecule has 1 aromatic heterocycles. The van der Waals surface area contributed by atoms with Crippen molar-refractivity contribution in [2.75, 3.05) is 5.32 Å². The van der Waals surface area contributed by atoms with Gasteiger partial charge in [-0.2, -0.15) is 5.26 Å². The SMILES string of the molecule is N#Cc1ccc(Nc2nc(Cl)ccc2[N+](=O)[O-])c(Br)c1. The van der Waals surface area contributed by atoms with Gasteiger partial charge in [-0.1, -0.05) is 11.6 Å². The maximum Gasteiger partial charge on any atom is 0.311 e. The predicted octanol–water partition coefficient (Wildman–Crippen LogP) is 4.02. The lowest BCUT2D eigenvalue weighted by atomic mass is 10.2. The zero-order valence-corrected chi connectivity index (χ0v) is 12.1. The Balaban J connectivity index is 2.42. The van der Waals surface area contributed by atoms with Crippen LogP contribution in [0.5, 0.6) is 0 Å². The molecule has 1 heterocycles. The molecule has 0 fully saturated rings. The quantitative estimate of drug-likeness (QED) is 0.511. The maximum atomic E-state index is 10.9. The first-order valence-electron chi connectivity index (χ1n) is 5.29. The lowest BCUT2D eigenvalue weighted by molar-refractivity contribution is -0.384. The maximum absolute atomic E-state index is 10.9. The van der Waals surface area contributed by atoms with E-state index in [0.717, 1.165) is 0 Å². The number of nitrogens with one attached hydrogen (secondary N) is 1. The Morgan fingerprint density at radius 1 is 1.40 bits per heavy atom. The van der Waals surface area contributed by atoms with Gasteiger partial charge in [-0.05, 0) is 40.2 Å². The van der Waals surface area contributed by atoms with Gasteiger partial charge in [0.1, 0.15) is 5.15 Å². The Hall–Kier alpha value is -2.17. The van der Waals surface area contributed by atoms with Crippen LogP contribution in [0.2, 0.25) is 5.15 Å². The first kappa shape index (κ1) is 14.2. The van der Waals surface area contributed by atoms with E-state index in [9.17, 15) is 10.1 Å². The number of aromatic nitrogens is 1. The molecule has 20 heavy (non-hydrogen) atoms. The second-order valence-corrected chi connectivity index (χ2v) is 4.93. The summed E-state index contributed by atoms with van der Waals surface area (Å²) in [5.41, 5.74) is 0.823. The van der Waals surface area contributed by atoms with Crippen molar-refractivity contribution in [3.05, 3.63) is 55.6 Å². The molecule has 0 radical (unpaired) electrons. The number of hydrogen-bond donors (Lipinski definition) is 1. The van der Waals surface area contributed by atoms with Crippen LogP contribution in [-0.2, 0) is 0 Å². The van der Waals surface area contributed by atoms with Gasteiger partial charge < -0.3 is 5.32 Å². The van der Waals surface area contributed by atoms with E-state index in [2.05, 4.69) is 26.2 Å². The van der Waals surface area contributed by atoms with Crippen LogP contribution in [0.4, 0.5) is 17.2 Å². The van der Waals surface area contributed by atoms with Crippen molar-refractivity contribution in [3.8, 4) is 6.07 Å². The van der Waals surface area contributed by atoms with E-state index in [0.29, 0.717) is 15.7 Å². The number of pyridine rings is 1. The van der Waals surface area contributed by atoms with E-state index in [1.165, 1.54) is 12.1 Å². The van der Waals surface area contributed by atoms with Crippen molar-refractivity contribution in [2.45, 2.75) is 0 Å². The summed E-state index contributed by atoms with van der Waals surface area (Å²) in [6.07, 6.45) is 0. The van der Waals surface area contributed by atoms with E-state index in [1.54, 1.807) is 18.2 Å². The average Bonchev–Trinajstić information content (AvgIpc) is 2.40. The number of nitrogens with zero attached hydrogens (tertiary/aromatic N) is 3. The predicted molar refractivity (Wildman–Crippen MR) is 78.0 cm³/mol. The minimum Gasteiger partial charge on any atom is -0.333 e. The number of hydrogen-bond acceptors (Lipinski definition) is 5. The highest BCUT2D eigenvalue weighted by atomic mass is 79.9. The zero-order valence-electron chi connectivity index (χ0n) is 9.80. The van der Waals surface area contributed by atoms with Gasteiger partial charge in [-0.25, -0.2) is 4.98 Å². The molecule has 8 heteroatoms. The topological polar surface area (TPSA) is 91.8 Å². The van der Waals surface area contributed by atoms with Gasteiger partial charge >= 0.3 is 5.69 Å². The molecule has 0 amide bonds. The third-order valence-corrected chi connectivity index (χ3v) is 3.25. The van der Waals surface area contributed by atoms with E-state index in [-0.39, 0.29) is 16.7 Å². The smallest absolute Gasteiger partial charge is 0.311 e. The minimum absolute atomic E-state index is 0.0351. The molecule has 0 aliphatic heterocycles. The number of anilines is 2. The molecular formula is C12H6BrClN4O2. The summed E-state index contributed by atoms with van der Waals surface area (Å²) in [4.78, 5) is 14.3. The first-order chi connectivity index (χ1) is 9.51. The van der Waals surface area contributed by atoms with Crippen LogP contribution < -0.4 is 5.32 Å². The molecule has 1 aromatic carbocycles. The van der Waals surface area contributed by atoms with Crippen LogP contribution in [-0.4, -0.2) is 9.91 Å². The molecule has 2 aromatic rings. The summed E-state index contributed by atoms with van der Waals surface area (Å²) >= 11 is 9.03. The van der Waals surface area contributed by atoms with Crippen LogP contribution in [0, 0.1) is 21.4 Å². The summed E-state index contributed by atoms with van der Waals surface area (Å²) in [5, 5.41) is 22.7. The molecule has 2 rings (SSSR count). The fraction of sp³-hybridized carbons (Fsp3) is 0. The fourth-order valence-electron chi connectivity index (χ4n) is 1.48. The Bertz CT molecular complexity index is 730. The molecule has 0 saturated heterocycles. The summed E-state index contributed by atoms with van der Waals surface area (Å²) < 4.78 is 0.590. The Labute approximate surface area is 127 Å². The van der Waals surface area contributed by atoms with Crippen LogP contribution in [0.3, 0.4) is 0 Å². The molecule has 6 nitrogen and oxygen atoms in total. The third-order valence-electron chi connectivity index (χ3n) is 2.39. The number of halogens is 2.